The van der Waals surface area contributed by atoms with Crippen molar-refractivity contribution in [1.82, 2.24) is 9.80 Å². The summed E-state index contributed by atoms with van der Waals surface area (Å²) in [5, 5.41) is 2.85. The van der Waals surface area contributed by atoms with Gasteiger partial charge in [-0.05, 0) is 68.4 Å². The molecule has 0 fully saturated rings. The van der Waals surface area contributed by atoms with Crippen molar-refractivity contribution >= 4 is 17.5 Å². The molecule has 1 aliphatic rings. The van der Waals surface area contributed by atoms with Crippen LogP contribution in [-0.2, 0) is 22.6 Å². The van der Waals surface area contributed by atoms with Gasteiger partial charge in [0, 0.05) is 38.2 Å². The minimum absolute atomic E-state index is 0.0304. The first-order valence-electron chi connectivity index (χ1n) is 10.6. The number of benzene rings is 2. The molecule has 2 aromatic carbocycles. The van der Waals surface area contributed by atoms with Gasteiger partial charge in [-0.2, -0.15) is 0 Å². The van der Waals surface area contributed by atoms with Crippen LogP contribution in [-0.4, -0.2) is 55.4 Å². The quantitative estimate of drug-likeness (QED) is 0.590. The van der Waals surface area contributed by atoms with Gasteiger partial charge in [0.1, 0.15) is 11.6 Å². The van der Waals surface area contributed by atoms with Crippen LogP contribution in [0.4, 0.5) is 10.1 Å². The lowest BCUT2D eigenvalue weighted by atomic mass is 10.0. The summed E-state index contributed by atoms with van der Waals surface area (Å²) in [6, 6.07) is 12.0. The average Bonchev–Trinajstić information content (AvgIpc) is 2.74. The van der Waals surface area contributed by atoms with Crippen molar-refractivity contribution in [3.63, 3.8) is 0 Å². The number of hydrogen-bond donors (Lipinski definition) is 1. The molecule has 0 bridgehead atoms. The van der Waals surface area contributed by atoms with Crippen molar-refractivity contribution in [2.75, 3.05) is 39.1 Å². The highest BCUT2D eigenvalue weighted by Gasteiger charge is 2.16. The van der Waals surface area contributed by atoms with E-state index in [1.807, 2.05) is 43.3 Å². The normalized spacial score (nSPS) is 13.0. The van der Waals surface area contributed by atoms with Crippen molar-refractivity contribution in [3.05, 3.63) is 59.4 Å². The number of halogens is 1. The van der Waals surface area contributed by atoms with Gasteiger partial charge in [-0.3, -0.25) is 9.59 Å². The molecule has 7 heteroatoms. The Bertz CT molecular complexity index is 917. The van der Waals surface area contributed by atoms with Gasteiger partial charge in [0.15, 0.2) is 0 Å². The maximum atomic E-state index is 13.5. The predicted octanol–water partition coefficient (Wildman–Crippen LogP) is 3.46. The summed E-state index contributed by atoms with van der Waals surface area (Å²) >= 11 is 0. The lowest BCUT2D eigenvalue weighted by Gasteiger charge is -2.25. The molecule has 6 nitrogen and oxygen atoms in total. The fourth-order valence-corrected chi connectivity index (χ4v) is 3.49. The van der Waals surface area contributed by atoms with Crippen molar-refractivity contribution in [2.24, 2.45) is 0 Å². The molecular formula is C24H30FN3O3. The van der Waals surface area contributed by atoms with E-state index in [-0.39, 0.29) is 17.6 Å². The van der Waals surface area contributed by atoms with Gasteiger partial charge >= 0.3 is 0 Å². The molecule has 2 aromatic rings. The van der Waals surface area contributed by atoms with Crippen molar-refractivity contribution in [1.29, 1.82) is 0 Å². The van der Waals surface area contributed by atoms with Gasteiger partial charge in [0.05, 0.1) is 6.61 Å². The lowest BCUT2D eigenvalue weighted by Crippen LogP contribution is -2.36. The number of ether oxygens (including phenoxy) is 1. The summed E-state index contributed by atoms with van der Waals surface area (Å²) in [5.41, 5.74) is 2.69. The Morgan fingerprint density at radius 3 is 2.74 bits per heavy atom. The zero-order chi connectivity index (χ0) is 22.2. The number of nitrogens with one attached hydrogen (secondary N) is 1. The Morgan fingerprint density at radius 2 is 1.97 bits per heavy atom. The van der Waals surface area contributed by atoms with E-state index in [9.17, 15) is 14.0 Å². The molecule has 1 N–H and O–H groups in total. The summed E-state index contributed by atoms with van der Waals surface area (Å²) < 4.78 is 19.3. The molecule has 0 aromatic heterocycles. The summed E-state index contributed by atoms with van der Waals surface area (Å²) in [6.07, 6.45) is 2.15. The van der Waals surface area contributed by atoms with Crippen LogP contribution in [0, 0.1) is 5.82 Å². The second-order valence-electron chi connectivity index (χ2n) is 8.07. The highest BCUT2D eigenvalue weighted by molar-refractivity contribution is 5.94. The van der Waals surface area contributed by atoms with Gasteiger partial charge in [0.2, 0.25) is 11.8 Å². The highest BCUT2D eigenvalue weighted by atomic mass is 19.1. The van der Waals surface area contributed by atoms with Crippen molar-refractivity contribution in [2.45, 2.75) is 32.2 Å². The number of amides is 2. The summed E-state index contributed by atoms with van der Waals surface area (Å²) in [5.74, 6) is 0.515. The smallest absolute Gasteiger partial charge is 0.224 e. The van der Waals surface area contributed by atoms with E-state index in [0.717, 1.165) is 29.1 Å². The van der Waals surface area contributed by atoms with Crippen LogP contribution in [0.15, 0.2) is 42.5 Å². The number of hydrogen-bond acceptors (Lipinski definition) is 4. The van der Waals surface area contributed by atoms with Crippen LogP contribution in [0.5, 0.6) is 5.75 Å². The minimum Gasteiger partial charge on any atom is -0.494 e. The third-order valence-electron chi connectivity index (χ3n) is 5.21. The van der Waals surface area contributed by atoms with E-state index < -0.39 is 0 Å². The van der Waals surface area contributed by atoms with E-state index >= 15 is 0 Å². The number of carbonyl (C=O) groups excluding carboxylic acids is 2. The fourth-order valence-electron chi connectivity index (χ4n) is 3.49. The van der Waals surface area contributed by atoms with Gasteiger partial charge in [-0.25, -0.2) is 4.39 Å². The molecule has 0 unspecified atom stereocenters. The van der Waals surface area contributed by atoms with E-state index in [2.05, 4.69) is 5.32 Å². The van der Waals surface area contributed by atoms with Crippen LogP contribution in [0.3, 0.4) is 0 Å². The van der Waals surface area contributed by atoms with E-state index in [1.165, 1.54) is 12.1 Å². The van der Waals surface area contributed by atoms with E-state index in [0.29, 0.717) is 45.4 Å². The molecule has 166 valence electrons. The number of rotatable bonds is 10. The largest absolute Gasteiger partial charge is 0.494 e. The van der Waals surface area contributed by atoms with Gasteiger partial charge in [-0.1, -0.05) is 12.1 Å². The van der Waals surface area contributed by atoms with Crippen LogP contribution in [0.1, 0.15) is 30.4 Å². The molecule has 0 saturated heterocycles. The Hall–Kier alpha value is -2.93. The Morgan fingerprint density at radius 1 is 1.13 bits per heavy atom. The number of carbonyl (C=O) groups is 2. The van der Waals surface area contributed by atoms with E-state index in [1.54, 1.807) is 11.0 Å². The molecule has 0 aliphatic carbocycles. The van der Waals surface area contributed by atoms with Crippen LogP contribution >= 0.6 is 0 Å². The second kappa shape index (κ2) is 10.9. The molecular weight excluding hydrogens is 397 g/mol. The van der Waals surface area contributed by atoms with Crippen LogP contribution < -0.4 is 10.1 Å². The average molecular weight is 428 g/mol. The second-order valence-corrected chi connectivity index (χ2v) is 8.07. The number of fused-ring (bicyclic) bond motifs is 1. The van der Waals surface area contributed by atoms with Crippen LogP contribution in [0.2, 0.25) is 0 Å². The van der Waals surface area contributed by atoms with Crippen LogP contribution in [0.25, 0.3) is 0 Å². The summed E-state index contributed by atoms with van der Waals surface area (Å²) in [4.78, 5) is 28.0. The zero-order valence-corrected chi connectivity index (χ0v) is 18.2. The van der Waals surface area contributed by atoms with Crippen molar-refractivity contribution in [3.8, 4) is 5.75 Å². The minimum atomic E-state index is -0.296. The molecule has 0 spiro atoms. The SMILES string of the molecule is CN(C)CCN(Cc1cccc(F)c1)C(=O)CCCOc1ccc2c(c1)CCC(=O)N2. The third kappa shape index (κ3) is 7.07. The molecule has 0 atom stereocenters. The van der Waals surface area contributed by atoms with Gasteiger partial charge < -0.3 is 19.9 Å². The summed E-state index contributed by atoms with van der Waals surface area (Å²) in [6.45, 7) is 2.14. The topological polar surface area (TPSA) is 61.9 Å². The maximum Gasteiger partial charge on any atom is 0.224 e. The standard InChI is InChI=1S/C24H30FN3O3/c1-27(2)12-13-28(17-18-5-3-6-20(25)15-18)24(30)7-4-14-31-21-9-10-22-19(16-21)8-11-23(29)26-22/h3,5-6,9-10,15-16H,4,7-8,11-14,17H2,1-2H3,(H,26,29). The predicted molar refractivity (Wildman–Crippen MR) is 118 cm³/mol. The molecule has 3 rings (SSSR count). The van der Waals surface area contributed by atoms with Crippen molar-refractivity contribution < 1.29 is 18.7 Å². The number of nitrogens with zero attached hydrogens (tertiary/aromatic N) is 2. The van der Waals surface area contributed by atoms with Gasteiger partial charge in [0.25, 0.3) is 0 Å². The summed E-state index contributed by atoms with van der Waals surface area (Å²) in [7, 11) is 3.92. The Balaban J connectivity index is 1.50. The fraction of sp³-hybridized carbons (Fsp3) is 0.417. The Kier molecular flexibility index (Phi) is 8.00. The van der Waals surface area contributed by atoms with Gasteiger partial charge in [-0.15, -0.1) is 0 Å². The molecule has 1 heterocycles. The number of anilines is 1. The number of aryl methyl sites for hydroxylation is 1. The maximum absolute atomic E-state index is 13.5. The highest BCUT2D eigenvalue weighted by Crippen LogP contribution is 2.26. The van der Waals surface area contributed by atoms with E-state index in [4.69, 9.17) is 4.74 Å². The molecule has 2 amide bonds. The zero-order valence-electron chi connectivity index (χ0n) is 18.2. The first-order chi connectivity index (χ1) is 14.9. The first kappa shape index (κ1) is 22.7. The monoisotopic (exact) mass is 427 g/mol. The Labute approximate surface area is 183 Å². The molecule has 31 heavy (non-hydrogen) atoms. The third-order valence-corrected chi connectivity index (χ3v) is 5.21. The first-order valence-corrected chi connectivity index (χ1v) is 10.6. The molecule has 0 saturated carbocycles. The molecule has 0 radical (unpaired) electrons. The molecule has 1 aliphatic heterocycles. The number of likely N-dealkylation sites (N-methyl/N-ethyl adjacent to an activating group) is 1. The lowest BCUT2D eigenvalue weighted by molar-refractivity contribution is -0.132.